The van der Waals surface area contributed by atoms with Gasteiger partial charge >= 0.3 is 0 Å². The molecule has 4 heterocycles. The van der Waals surface area contributed by atoms with Gasteiger partial charge in [-0.2, -0.15) is 0 Å². The minimum absolute atomic E-state index is 0.0713. The average Bonchev–Trinajstić information content (AvgIpc) is 3.37. The fourth-order valence-electron chi connectivity index (χ4n) is 6.54. The minimum Gasteiger partial charge on any atom is -0.377 e. The number of carbonyl (C=O) groups is 1. The van der Waals surface area contributed by atoms with Crippen molar-refractivity contribution in [3.63, 3.8) is 0 Å². The van der Waals surface area contributed by atoms with Gasteiger partial charge in [-0.25, -0.2) is 4.98 Å². The first-order valence-electron chi connectivity index (χ1n) is 12.3. The second kappa shape index (κ2) is 9.27. The predicted octanol–water partition coefficient (Wildman–Crippen LogP) is 3.01. The summed E-state index contributed by atoms with van der Waals surface area (Å²) in [6.45, 7) is 6.71. The van der Waals surface area contributed by atoms with Gasteiger partial charge in [0.15, 0.2) is 6.29 Å². The van der Waals surface area contributed by atoms with Gasteiger partial charge in [0.2, 0.25) is 5.91 Å². The summed E-state index contributed by atoms with van der Waals surface area (Å²) in [5.74, 6) is 2.27. The number of ether oxygens (including phenoxy) is 3. The molecule has 1 saturated carbocycles. The number of fused-ring (bicyclic) bond motifs is 1. The fourth-order valence-corrected chi connectivity index (χ4v) is 6.54. The number of aryl methyl sites for hydroxylation is 1. The summed E-state index contributed by atoms with van der Waals surface area (Å²) in [4.78, 5) is 22.9. The molecule has 0 aromatic carbocycles. The Labute approximate surface area is 191 Å². The van der Waals surface area contributed by atoms with Crippen LogP contribution in [0, 0.1) is 24.2 Å². The molecule has 1 amide bonds. The van der Waals surface area contributed by atoms with Gasteiger partial charge < -0.3 is 24.0 Å². The maximum absolute atomic E-state index is 13.8. The first-order chi connectivity index (χ1) is 15.6. The van der Waals surface area contributed by atoms with Crippen molar-refractivity contribution in [1.29, 1.82) is 0 Å². The third-order valence-electron chi connectivity index (χ3n) is 8.13. The number of carbonyl (C=O) groups excluding carboxylic acids is 1. The largest absolute Gasteiger partial charge is 0.377 e. The molecule has 1 aromatic heterocycles. The molecule has 0 radical (unpaired) electrons. The monoisotopic (exact) mass is 443 g/mol. The second-order valence-corrected chi connectivity index (χ2v) is 10.1. The van der Waals surface area contributed by atoms with E-state index in [2.05, 4.69) is 26.9 Å². The second-order valence-electron chi connectivity index (χ2n) is 10.1. The lowest BCUT2D eigenvalue weighted by Crippen LogP contribution is -2.54. The first-order valence-corrected chi connectivity index (χ1v) is 12.3. The summed E-state index contributed by atoms with van der Waals surface area (Å²) in [6.07, 6.45) is 6.09. The number of aromatic nitrogens is 1. The van der Waals surface area contributed by atoms with Crippen LogP contribution in [0.2, 0.25) is 0 Å². The van der Waals surface area contributed by atoms with E-state index in [0.29, 0.717) is 24.3 Å². The van der Waals surface area contributed by atoms with Gasteiger partial charge in [-0.15, -0.1) is 0 Å². The Hall–Kier alpha value is -1.70. The van der Waals surface area contributed by atoms with E-state index in [1.165, 1.54) is 0 Å². The summed E-state index contributed by atoms with van der Waals surface area (Å²) in [5.41, 5.74) is 0.703. The zero-order chi connectivity index (χ0) is 22.1. The zero-order valence-corrected chi connectivity index (χ0v) is 19.5. The van der Waals surface area contributed by atoms with Crippen molar-refractivity contribution in [1.82, 2.24) is 9.88 Å². The number of amides is 1. The molecule has 1 aliphatic carbocycles. The molecule has 7 heteroatoms. The van der Waals surface area contributed by atoms with Crippen LogP contribution in [-0.4, -0.2) is 74.7 Å². The fraction of sp³-hybridized carbons (Fsp3) is 0.760. The molecule has 4 aliphatic rings. The number of hydrogen-bond acceptors (Lipinski definition) is 6. The predicted molar refractivity (Wildman–Crippen MR) is 121 cm³/mol. The Balaban J connectivity index is 1.22. The van der Waals surface area contributed by atoms with E-state index in [4.69, 9.17) is 14.2 Å². The van der Waals surface area contributed by atoms with Crippen molar-refractivity contribution in [2.75, 3.05) is 51.4 Å². The van der Waals surface area contributed by atoms with Crippen LogP contribution in [0.25, 0.3) is 0 Å². The molecule has 0 N–H and O–H groups in total. The van der Waals surface area contributed by atoms with Gasteiger partial charge in [-0.05, 0) is 63.5 Å². The maximum Gasteiger partial charge on any atom is 0.231 e. The summed E-state index contributed by atoms with van der Waals surface area (Å²) in [7, 11) is 1.74. The van der Waals surface area contributed by atoms with Crippen LogP contribution in [0.4, 0.5) is 5.82 Å². The molecule has 5 rings (SSSR count). The molecule has 7 nitrogen and oxygen atoms in total. The topological polar surface area (TPSA) is 64.1 Å². The normalized spacial score (nSPS) is 35.2. The Morgan fingerprint density at radius 1 is 1.22 bits per heavy atom. The molecular weight excluding hydrogens is 406 g/mol. The number of piperazine rings is 1. The van der Waals surface area contributed by atoms with E-state index in [0.717, 1.165) is 82.8 Å². The molecular formula is C25H37N3O4. The minimum atomic E-state index is -0.327. The molecule has 0 bridgehead atoms. The van der Waals surface area contributed by atoms with Crippen LogP contribution < -0.4 is 4.90 Å². The van der Waals surface area contributed by atoms with Crippen molar-refractivity contribution in [2.24, 2.45) is 17.3 Å². The number of methoxy groups -OCH3 is 1. The molecule has 176 valence electrons. The van der Waals surface area contributed by atoms with Crippen LogP contribution in [0.1, 0.15) is 44.2 Å². The van der Waals surface area contributed by atoms with E-state index < -0.39 is 0 Å². The number of hydrogen-bond donors (Lipinski definition) is 0. The maximum atomic E-state index is 13.8. The Morgan fingerprint density at radius 3 is 2.84 bits per heavy atom. The lowest BCUT2D eigenvalue weighted by atomic mass is 9.79. The SMILES string of the molecule is CO[C@@H]1OCCC[C@@H]1C[C@@H]1C[C@H]2OCC[C@@]2(C(=O)N2CCN(c3cccc(C)n3)CC2)C1. The van der Waals surface area contributed by atoms with E-state index in [1.54, 1.807) is 7.11 Å². The third-order valence-corrected chi connectivity index (χ3v) is 8.13. The molecule has 0 spiro atoms. The number of rotatable bonds is 5. The van der Waals surface area contributed by atoms with Crippen LogP contribution >= 0.6 is 0 Å². The van der Waals surface area contributed by atoms with E-state index in [1.807, 2.05) is 13.0 Å². The molecule has 0 unspecified atom stereocenters. The van der Waals surface area contributed by atoms with Crippen molar-refractivity contribution in [2.45, 2.75) is 57.8 Å². The highest BCUT2D eigenvalue weighted by atomic mass is 16.7. The lowest BCUT2D eigenvalue weighted by molar-refractivity contribution is -0.181. The summed E-state index contributed by atoms with van der Waals surface area (Å²) in [5, 5.41) is 0. The van der Waals surface area contributed by atoms with Gasteiger partial charge in [0.05, 0.1) is 11.5 Å². The summed E-state index contributed by atoms with van der Waals surface area (Å²) < 4.78 is 17.6. The van der Waals surface area contributed by atoms with Crippen LogP contribution in [-0.2, 0) is 19.0 Å². The van der Waals surface area contributed by atoms with Crippen LogP contribution in [0.5, 0.6) is 0 Å². The van der Waals surface area contributed by atoms with Crippen molar-refractivity contribution in [3.8, 4) is 0 Å². The van der Waals surface area contributed by atoms with Gasteiger partial charge in [0.25, 0.3) is 0 Å². The summed E-state index contributed by atoms with van der Waals surface area (Å²) in [6, 6.07) is 6.14. The van der Waals surface area contributed by atoms with E-state index >= 15 is 0 Å². The molecule has 4 fully saturated rings. The van der Waals surface area contributed by atoms with Crippen molar-refractivity contribution < 1.29 is 19.0 Å². The number of pyridine rings is 1. The number of nitrogens with zero attached hydrogens (tertiary/aromatic N) is 3. The standard InChI is InChI=1S/C25H37N3O4/c1-18-5-3-7-22(26-18)27-9-11-28(12-10-27)24(29)25-8-14-31-21(25)16-19(17-25)15-20-6-4-13-32-23(20)30-2/h3,5,7,19-21,23H,4,6,8-17H2,1-2H3/t19-,20-,21-,23-,25-/m1/s1. The van der Waals surface area contributed by atoms with Crippen molar-refractivity contribution in [3.05, 3.63) is 23.9 Å². The van der Waals surface area contributed by atoms with Crippen LogP contribution in [0.3, 0.4) is 0 Å². The van der Waals surface area contributed by atoms with Gasteiger partial charge in [0, 0.05) is 58.1 Å². The lowest BCUT2D eigenvalue weighted by Gasteiger charge is -2.40. The Bertz CT molecular complexity index is 812. The first kappa shape index (κ1) is 22.1. The van der Waals surface area contributed by atoms with Gasteiger partial charge in [0.1, 0.15) is 5.82 Å². The highest BCUT2D eigenvalue weighted by molar-refractivity contribution is 5.84. The number of anilines is 1. The highest BCUT2D eigenvalue weighted by Gasteiger charge is 2.57. The smallest absolute Gasteiger partial charge is 0.231 e. The molecule has 32 heavy (non-hydrogen) atoms. The Kier molecular flexibility index (Phi) is 6.41. The zero-order valence-electron chi connectivity index (χ0n) is 19.5. The third kappa shape index (κ3) is 4.15. The van der Waals surface area contributed by atoms with Gasteiger partial charge in [-0.1, -0.05) is 6.07 Å². The van der Waals surface area contributed by atoms with E-state index in [-0.39, 0.29) is 17.8 Å². The molecule has 1 aromatic rings. The van der Waals surface area contributed by atoms with Gasteiger partial charge in [-0.3, -0.25) is 4.79 Å². The highest BCUT2D eigenvalue weighted by Crippen LogP contribution is 2.53. The Morgan fingerprint density at radius 2 is 2.06 bits per heavy atom. The van der Waals surface area contributed by atoms with Crippen molar-refractivity contribution >= 4 is 11.7 Å². The quantitative estimate of drug-likeness (QED) is 0.697. The molecule has 3 saturated heterocycles. The molecule has 3 aliphatic heterocycles. The van der Waals surface area contributed by atoms with E-state index in [9.17, 15) is 4.79 Å². The molecule has 5 atom stereocenters. The van der Waals surface area contributed by atoms with Crippen LogP contribution in [0.15, 0.2) is 18.2 Å². The summed E-state index contributed by atoms with van der Waals surface area (Å²) >= 11 is 0. The average molecular weight is 444 g/mol.